The van der Waals surface area contributed by atoms with Gasteiger partial charge in [-0.25, -0.2) is 0 Å². The first-order valence-corrected chi connectivity index (χ1v) is 13.3. The standard InChI is InChI=1S/C29H31NO8/c1-14(31)23-21(33)12-16-10-15-11-19-18(22-7-4-17(38-22)13-30-8-2-3-9-30)5-6-20(32)25(19)26(34)24(15)28(36)29(16,37)27(23)35/h4,7,15-16,32-33,36-37H,2-3,5-6,8-13H2,1H3/t15-,16+,29-/m1/s1. The maximum atomic E-state index is 13.8. The Bertz CT molecular complexity index is 1400. The Balaban J connectivity index is 1.40. The van der Waals surface area contributed by atoms with Crippen molar-refractivity contribution < 1.29 is 39.2 Å². The zero-order chi connectivity index (χ0) is 26.9. The van der Waals surface area contributed by atoms with Crippen LogP contribution in [0.1, 0.15) is 63.4 Å². The number of hydrogen-bond donors (Lipinski definition) is 4. The first kappa shape index (κ1) is 24.9. The second kappa shape index (κ2) is 8.81. The van der Waals surface area contributed by atoms with Crippen LogP contribution in [0.2, 0.25) is 0 Å². The Morgan fingerprint density at radius 2 is 1.79 bits per heavy atom. The number of aliphatic hydroxyl groups excluding tert-OH is 3. The van der Waals surface area contributed by atoms with Crippen molar-refractivity contribution >= 4 is 22.9 Å². The molecule has 0 aromatic carbocycles. The lowest BCUT2D eigenvalue weighted by Gasteiger charge is -2.46. The first-order valence-electron chi connectivity index (χ1n) is 13.3. The van der Waals surface area contributed by atoms with Crippen molar-refractivity contribution in [2.45, 2.75) is 64.0 Å². The van der Waals surface area contributed by atoms with Gasteiger partial charge in [0.25, 0.3) is 0 Å². The number of fused-ring (bicyclic) bond motifs is 3. The summed E-state index contributed by atoms with van der Waals surface area (Å²) in [6, 6.07) is 3.84. The SMILES string of the molecule is CC(=O)C1=C(O)C[C@@H]2C[C@@H]3CC4=C(c5ccc(CN6CCCC6)o5)CCC(O)=C4C(=O)C3=C(O)[C@]2(O)C1=O. The molecule has 0 spiro atoms. The molecule has 0 amide bonds. The molecule has 2 heterocycles. The molecule has 0 bridgehead atoms. The van der Waals surface area contributed by atoms with Crippen LogP contribution in [0.5, 0.6) is 0 Å². The minimum atomic E-state index is -2.48. The molecule has 1 aromatic rings. The number of hydrogen-bond acceptors (Lipinski definition) is 9. The van der Waals surface area contributed by atoms with Gasteiger partial charge in [0.05, 0.1) is 12.1 Å². The minimum Gasteiger partial charge on any atom is -0.512 e. The lowest BCUT2D eigenvalue weighted by Crippen LogP contribution is -2.56. The van der Waals surface area contributed by atoms with Gasteiger partial charge in [-0.15, -0.1) is 0 Å². The largest absolute Gasteiger partial charge is 0.512 e. The molecule has 200 valence electrons. The Kier molecular flexibility index (Phi) is 5.77. The summed E-state index contributed by atoms with van der Waals surface area (Å²) in [7, 11) is 0. The number of Topliss-reactive ketones (excluding diaryl/α,β-unsaturated/α-hetero) is 3. The molecular weight excluding hydrogens is 490 g/mol. The molecule has 5 aliphatic rings. The van der Waals surface area contributed by atoms with Gasteiger partial charge < -0.3 is 24.8 Å². The predicted octanol–water partition coefficient (Wildman–Crippen LogP) is 3.76. The number of carbonyl (C=O) groups is 3. The molecule has 9 heteroatoms. The van der Waals surface area contributed by atoms with E-state index in [9.17, 15) is 34.8 Å². The van der Waals surface area contributed by atoms with Crippen LogP contribution < -0.4 is 0 Å². The molecule has 4 N–H and O–H groups in total. The van der Waals surface area contributed by atoms with Gasteiger partial charge in [0.2, 0.25) is 5.78 Å². The van der Waals surface area contributed by atoms with E-state index in [2.05, 4.69) is 4.90 Å². The maximum absolute atomic E-state index is 13.8. The summed E-state index contributed by atoms with van der Waals surface area (Å²) in [5.74, 6) is -3.69. The van der Waals surface area contributed by atoms with Crippen LogP contribution in [0, 0.1) is 11.8 Å². The number of ketones is 3. The van der Waals surface area contributed by atoms with Gasteiger partial charge in [-0.3, -0.25) is 19.3 Å². The number of furan rings is 1. The van der Waals surface area contributed by atoms with Crippen molar-refractivity contribution in [3.05, 3.63) is 63.2 Å². The van der Waals surface area contributed by atoms with E-state index >= 15 is 0 Å². The van der Waals surface area contributed by atoms with E-state index in [0.29, 0.717) is 30.7 Å². The third kappa shape index (κ3) is 3.55. The van der Waals surface area contributed by atoms with Gasteiger partial charge in [0.1, 0.15) is 34.4 Å². The number of likely N-dealkylation sites (tertiary alicyclic amines) is 1. The van der Waals surface area contributed by atoms with Crippen molar-refractivity contribution in [3.8, 4) is 0 Å². The first-order chi connectivity index (χ1) is 18.1. The van der Waals surface area contributed by atoms with E-state index in [0.717, 1.165) is 31.3 Å². The highest BCUT2D eigenvalue weighted by molar-refractivity contribution is 6.25. The van der Waals surface area contributed by atoms with E-state index in [1.165, 1.54) is 12.8 Å². The van der Waals surface area contributed by atoms with E-state index in [-0.39, 0.29) is 36.2 Å². The lowest BCUT2D eigenvalue weighted by molar-refractivity contribution is -0.144. The number of allylic oxidation sites excluding steroid dienone is 6. The van der Waals surface area contributed by atoms with E-state index in [1.54, 1.807) is 0 Å². The summed E-state index contributed by atoms with van der Waals surface area (Å²) in [5.41, 5.74) is -1.57. The quantitative estimate of drug-likeness (QED) is 0.435. The normalized spacial score (nSPS) is 30.2. The second-order valence-corrected chi connectivity index (χ2v) is 11.1. The average Bonchev–Trinajstić information content (AvgIpc) is 3.54. The van der Waals surface area contributed by atoms with Gasteiger partial charge in [-0.1, -0.05) is 0 Å². The minimum absolute atomic E-state index is 0.0806. The molecule has 1 aliphatic heterocycles. The van der Waals surface area contributed by atoms with Gasteiger partial charge >= 0.3 is 0 Å². The predicted molar refractivity (Wildman–Crippen MR) is 135 cm³/mol. The van der Waals surface area contributed by atoms with Crippen molar-refractivity contribution in [2.75, 3.05) is 13.1 Å². The monoisotopic (exact) mass is 521 g/mol. The van der Waals surface area contributed by atoms with E-state index in [4.69, 9.17) is 4.42 Å². The van der Waals surface area contributed by atoms with Crippen molar-refractivity contribution in [1.82, 2.24) is 4.90 Å². The molecule has 9 nitrogen and oxygen atoms in total. The van der Waals surface area contributed by atoms with Crippen molar-refractivity contribution in [2.24, 2.45) is 11.8 Å². The third-order valence-corrected chi connectivity index (χ3v) is 8.86. The highest BCUT2D eigenvalue weighted by Crippen LogP contribution is 2.54. The number of rotatable bonds is 4. The summed E-state index contributed by atoms with van der Waals surface area (Å²) in [4.78, 5) is 41.3. The summed E-state index contributed by atoms with van der Waals surface area (Å²) >= 11 is 0. The molecule has 4 aliphatic carbocycles. The molecule has 0 unspecified atom stereocenters. The van der Waals surface area contributed by atoms with E-state index < -0.39 is 51.9 Å². The molecule has 2 fully saturated rings. The van der Waals surface area contributed by atoms with Crippen LogP contribution in [0.15, 0.2) is 56.1 Å². The summed E-state index contributed by atoms with van der Waals surface area (Å²) in [6.07, 6.45) is 3.33. The molecule has 0 radical (unpaired) electrons. The zero-order valence-corrected chi connectivity index (χ0v) is 21.2. The molecule has 38 heavy (non-hydrogen) atoms. The van der Waals surface area contributed by atoms with Gasteiger partial charge in [-0.2, -0.15) is 0 Å². The topological polar surface area (TPSA) is 149 Å². The molecule has 1 saturated heterocycles. The van der Waals surface area contributed by atoms with Crippen molar-refractivity contribution in [1.29, 1.82) is 0 Å². The molecule has 6 rings (SSSR count). The Labute approximate surface area is 219 Å². The highest BCUT2D eigenvalue weighted by Gasteiger charge is 2.60. The van der Waals surface area contributed by atoms with Gasteiger partial charge in [0, 0.05) is 24.3 Å². The number of carbonyl (C=O) groups excluding carboxylic acids is 3. The lowest BCUT2D eigenvalue weighted by atomic mass is 9.59. The molecule has 3 atom stereocenters. The van der Waals surface area contributed by atoms with Crippen LogP contribution in [0.25, 0.3) is 5.57 Å². The second-order valence-electron chi connectivity index (χ2n) is 11.1. The smallest absolute Gasteiger partial charge is 0.209 e. The molecule has 1 saturated carbocycles. The van der Waals surface area contributed by atoms with Crippen molar-refractivity contribution in [3.63, 3.8) is 0 Å². The van der Waals surface area contributed by atoms with Crippen LogP contribution in [-0.4, -0.2) is 61.4 Å². The molecule has 1 aromatic heterocycles. The fourth-order valence-electron chi connectivity index (χ4n) is 7.02. The zero-order valence-electron chi connectivity index (χ0n) is 21.2. The molecular formula is C29H31NO8. The van der Waals surface area contributed by atoms with Crippen LogP contribution in [0.4, 0.5) is 0 Å². The number of aliphatic hydroxyl groups is 4. The fraction of sp³-hybridized carbons (Fsp3) is 0.483. The van der Waals surface area contributed by atoms with Gasteiger partial charge in [-0.05, 0) is 81.3 Å². The fourth-order valence-corrected chi connectivity index (χ4v) is 7.02. The van der Waals surface area contributed by atoms with Gasteiger partial charge in [0.15, 0.2) is 17.2 Å². The Morgan fingerprint density at radius 1 is 1.05 bits per heavy atom. The average molecular weight is 522 g/mol. The third-order valence-electron chi connectivity index (χ3n) is 8.86. The van der Waals surface area contributed by atoms with Crippen LogP contribution >= 0.6 is 0 Å². The Hall–Kier alpha value is -3.43. The highest BCUT2D eigenvalue weighted by atomic mass is 16.4. The maximum Gasteiger partial charge on any atom is 0.209 e. The van der Waals surface area contributed by atoms with E-state index in [1.807, 2.05) is 12.1 Å². The summed E-state index contributed by atoms with van der Waals surface area (Å²) in [5, 5.41) is 43.8. The summed E-state index contributed by atoms with van der Waals surface area (Å²) < 4.78 is 6.19. The van der Waals surface area contributed by atoms with Crippen LogP contribution in [0.3, 0.4) is 0 Å². The number of nitrogens with zero attached hydrogens (tertiary/aromatic N) is 1. The van der Waals surface area contributed by atoms with Crippen LogP contribution in [-0.2, 0) is 20.9 Å². The summed E-state index contributed by atoms with van der Waals surface area (Å²) in [6.45, 7) is 3.89. The Morgan fingerprint density at radius 3 is 2.50 bits per heavy atom.